The summed E-state index contributed by atoms with van der Waals surface area (Å²) in [4.78, 5) is 12.2. The number of nitrogens with one attached hydrogen (secondary N) is 1. The third kappa shape index (κ3) is 3.46. The summed E-state index contributed by atoms with van der Waals surface area (Å²) in [5.41, 5.74) is 1.27. The minimum absolute atomic E-state index is 0.161. The molecule has 0 saturated carbocycles. The van der Waals surface area contributed by atoms with Crippen LogP contribution in [0, 0.1) is 5.82 Å². The quantitative estimate of drug-likeness (QED) is 0.784. The third-order valence-electron chi connectivity index (χ3n) is 2.91. The van der Waals surface area contributed by atoms with Gasteiger partial charge in [-0.2, -0.15) is 0 Å². The molecule has 0 saturated heterocycles. The zero-order valence-electron chi connectivity index (χ0n) is 10.7. The Morgan fingerprint density at radius 2 is 1.80 bits per heavy atom. The normalized spacial score (nSPS) is 12.0. The summed E-state index contributed by atoms with van der Waals surface area (Å²) in [6, 6.07) is 11.9. The number of carbonyl (C=O) groups is 1. The highest BCUT2D eigenvalue weighted by Crippen LogP contribution is 2.22. The number of carbonyl (C=O) groups excluding carboxylic acids is 1. The molecule has 0 fully saturated rings. The van der Waals surface area contributed by atoms with Crippen molar-refractivity contribution in [2.75, 3.05) is 0 Å². The number of rotatable bonds is 3. The van der Waals surface area contributed by atoms with E-state index in [1.54, 1.807) is 6.07 Å². The van der Waals surface area contributed by atoms with Gasteiger partial charge in [0.2, 0.25) is 0 Å². The molecule has 2 nitrogen and oxygen atoms in total. The second-order valence-corrected chi connectivity index (χ2v) is 6.06. The van der Waals surface area contributed by atoms with Crippen molar-refractivity contribution in [3.05, 3.63) is 68.4 Å². The van der Waals surface area contributed by atoms with Gasteiger partial charge in [-0.3, -0.25) is 4.79 Å². The molecule has 0 aliphatic carbocycles. The molecule has 2 aromatic carbocycles. The highest BCUT2D eigenvalue weighted by Gasteiger charge is 2.15. The topological polar surface area (TPSA) is 29.1 Å². The molecule has 0 unspecified atom stereocenters. The second-order valence-electron chi connectivity index (χ2n) is 4.35. The van der Waals surface area contributed by atoms with Crippen LogP contribution in [0.15, 0.2) is 51.4 Å². The van der Waals surface area contributed by atoms with Gasteiger partial charge < -0.3 is 5.32 Å². The van der Waals surface area contributed by atoms with Gasteiger partial charge in [0.15, 0.2) is 0 Å². The molecular weight excluding hydrogens is 389 g/mol. The molecule has 2 aromatic rings. The van der Waals surface area contributed by atoms with Crippen LogP contribution in [0.3, 0.4) is 0 Å². The molecule has 20 heavy (non-hydrogen) atoms. The molecule has 0 radical (unpaired) electrons. The minimum atomic E-state index is -0.450. The Morgan fingerprint density at radius 3 is 2.45 bits per heavy atom. The van der Waals surface area contributed by atoms with Crippen molar-refractivity contribution in [2.45, 2.75) is 13.0 Å². The summed E-state index contributed by atoms with van der Waals surface area (Å²) in [5, 5.41) is 2.85. The van der Waals surface area contributed by atoms with Crippen molar-refractivity contribution in [1.82, 2.24) is 5.32 Å². The summed E-state index contributed by atoms with van der Waals surface area (Å²) in [5.74, 6) is -0.763. The average Bonchev–Trinajstić information content (AvgIpc) is 2.42. The number of amides is 1. The van der Waals surface area contributed by atoms with E-state index >= 15 is 0 Å². The molecule has 5 heteroatoms. The molecule has 2 rings (SSSR count). The molecule has 1 N–H and O–H groups in total. The average molecular weight is 401 g/mol. The van der Waals surface area contributed by atoms with Crippen LogP contribution >= 0.6 is 31.9 Å². The van der Waals surface area contributed by atoms with E-state index in [0.29, 0.717) is 0 Å². The predicted molar refractivity (Wildman–Crippen MR) is 84.1 cm³/mol. The van der Waals surface area contributed by atoms with Crippen LogP contribution in [0.4, 0.5) is 4.39 Å². The van der Waals surface area contributed by atoms with Crippen LogP contribution in [-0.2, 0) is 0 Å². The maximum atomic E-state index is 13.4. The smallest absolute Gasteiger partial charge is 0.253 e. The Bertz CT molecular complexity index is 628. The van der Waals surface area contributed by atoms with E-state index < -0.39 is 5.82 Å². The number of halogens is 3. The number of hydrogen-bond donors (Lipinski definition) is 1. The molecule has 104 valence electrons. The van der Waals surface area contributed by atoms with E-state index in [1.165, 1.54) is 12.1 Å². The van der Waals surface area contributed by atoms with Crippen LogP contribution < -0.4 is 5.32 Å². The third-order valence-corrected chi connectivity index (χ3v) is 4.25. The first-order chi connectivity index (χ1) is 9.49. The van der Waals surface area contributed by atoms with Gasteiger partial charge in [0, 0.05) is 4.47 Å². The summed E-state index contributed by atoms with van der Waals surface area (Å²) in [6.07, 6.45) is 0. The monoisotopic (exact) mass is 399 g/mol. The lowest BCUT2D eigenvalue weighted by Gasteiger charge is -2.15. The van der Waals surface area contributed by atoms with Crippen LogP contribution in [0.25, 0.3) is 0 Å². The molecule has 1 atom stereocenters. The van der Waals surface area contributed by atoms with Gasteiger partial charge in [0.1, 0.15) is 5.82 Å². The molecule has 0 aliphatic heterocycles. The van der Waals surface area contributed by atoms with E-state index in [0.717, 1.165) is 10.0 Å². The second kappa shape index (κ2) is 6.50. The van der Waals surface area contributed by atoms with E-state index in [1.807, 2.05) is 31.2 Å². The van der Waals surface area contributed by atoms with Crippen LogP contribution in [0.5, 0.6) is 0 Å². The Morgan fingerprint density at radius 1 is 1.15 bits per heavy atom. The largest absolute Gasteiger partial charge is 0.345 e. The standard InChI is InChI=1S/C15H12Br2FNO/c1-9(10-5-7-11(16)8-6-10)19-15(20)12-3-2-4-13(18)14(12)17/h2-9H,1H3,(H,19,20)/t9-/m1/s1. The van der Waals surface area contributed by atoms with Crippen molar-refractivity contribution in [3.63, 3.8) is 0 Å². The van der Waals surface area contributed by atoms with Crippen LogP contribution in [-0.4, -0.2) is 5.91 Å². The lowest BCUT2D eigenvalue weighted by atomic mass is 10.1. The van der Waals surface area contributed by atoms with Gasteiger partial charge in [0.25, 0.3) is 5.91 Å². The maximum absolute atomic E-state index is 13.4. The molecule has 0 aromatic heterocycles. The lowest BCUT2D eigenvalue weighted by Crippen LogP contribution is -2.27. The van der Waals surface area contributed by atoms with E-state index in [9.17, 15) is 9.18 Å². The van der Waals surface area contributed by atoms with Gasteiger partial charge in [0.05, 0.1) is 16.1 Å². The van der Waals surface area contributed by atoms with E-state index in [4.69, 9.17) is 0 Å². The fourth-order valence-electron chi connectivity index (χ4n) is 1.79. The molecule has 0 heterocycles. The zero-order chi connectivity index (χ0) is 14.7. The first-order valence-electron chi connectivity index (χ1n) is 5.99. The van der Waals surface area contributed by atoms with E-state index in [-0.39, 0.29) is 22.0 Å². The first kappa shape index (κ1) is 15.2. The summed E-state index contributed by atoms with van der Waals surface area (Å²) >= 11 is 6.46. The minimum Gasteiger partial charge on any atom is -0.345 e. The van der Waals surface area contributed by atoms with Gasteiger partial charge in [-0.15, -0.1) is 0 Å². The molecule has 1 amide bonds. The van der Waals surface area contributed by atoms with Crippen molar-refractivity contribution in [1.29, 1.82) is 0 Å². The summed E-state index contributed by atoms with van der Waals surface area (Å²) < 4.78 is 14.6. The van der Waals surface area contributed by atoms with Gasteiger partial charge >= 0.3 is 0 Å². The fraction of sp³-hybridized carbons (Fsp3) is 0.133. The summed E-state index contributed by atoms with van der Waals surface area (Å²) in [7, 11) is 0. The fourth-order valence-corrected chi connectivity index (χ4v) is 2.50. The Labute approximate surface area is 133 Å². The van der Waals surface area contributed by atoms with Crippen molar-refractivity contribution >= 4 is 37.8 Å². The SMILES string of the molecule is C[C@@H](NC(=O)c1cccc(F)c1Br)c1ccc(Br)cc1. The Kier molecular flexibility index (Phi) is 4.94. The Balaban J connectivity index is 2.15. The zero-order valence-corrected chi connectivity index (χ0v) is 13.8. The number of hydrogen-bond acceptors (Lipinski definition) is 1. The van der Waals surface area contributed by atoms with Crippen molar-refractivity contribution < 1.29 is 9.18 Å². The highest BCUT2D eigenvalue weighted by molar-refractivity contribution is 9.10. The molecule has 0 spiro atoms. The maximum Gasteiger partial charge on any atom is 0.253 e. The molecule has 0 aliphatic rings. The van der Waals surface area contributed by atoms with Gasteiger partial charge in [-0.25, -0.2) is 4.39 Å². The van der Waals surface area contributed by atoms with Crippen LogP contribution in [0.2, 0.25) is 0 Å². The molecule has 0 bridgehead atoms. The van der Waals surface area contributed by atoms with E-state index in [2.05, 4.69) is 37.2 Å². The number of benzene rings is 2. The lowest BCUT2D eigenvalue weighted by molar-refractivity contribution is 0.0938. The van der Waals surface area contributed by atoms with Crippen molar-refractivity contribution in [3.8, 4) is 0 Å². The van der Waals surface area contributed by atoms with Gasteiger partial charge in [-0.05, 0) is 52.7 Å². The highest BCUT2D eigenvalue weighted by atomic mass is 79.9. The first-order valence-corrected chi connectivity index (χ1v) is 7.58. The van der Waals surface area contributed by atoms with Gasteiger partial charge in [-0.1, -0.05) is 34.1 Å². The Hall–Kier alpha value is -1.20. The predicted octanol–water partition coefficient (Wildman–Crippen LogP) is 4.84. The van der Waals surface area contributed by atoms with Crippen molar-refractivity contribution in [2.24, 2.45) is 0 Å². The molecular formula is C15H12Br2FNO. The summed E-state index contributed by atoms with van der Waals surface area (Å²) in [6.45, 7) is 1.88. The van der Waals surface area contributed by atoms with Crippen LogP contribution in [0.1, 0.15) is 28.9 Å².